The van der Waals surface area contributed by atoms with Gasteiger partial charge in [-0.05, 0) is 55.3 Å². The first-order valence-corrected chi connectivity index (χ1v) is 17.6. The minimum atomic E-state index is -4.67. The molecular formula is C33H34Cl4N6O6S. The number of amides is 1. The van der Waals surface area contributed by atoms with Gasteiger partial charge in [-0.25, -0.2) is 4.99 Å². The summed E-state index contributed by atoms with van der Waals surface area (Å²) in [6.07, 6.45) is -0.525. The van der Waals surface area contributed by atoms with Gasteiger partial charge >= 0.3 is 10.4 Å². The summed E-state index contributed by atoms with van der Waals surface area (Å²) in [6.45, 7) is 3.65. The number of anilines is 2. The molecule has 4 aromatic carbocycles. The van der Waals surface area contributed by atoms with Gasteiger partial charge in [0.2, 0.25) is 6.23 Å². The number of hydrogen-bond donors (Lipinski definition) is 7. The quantitative estimate of drug-likeness (QED) is 0.115. The van der Waals surface area contributed by atoms with Crippen LogP contribution in [0.1, 0.15) is 23.6 Å². The van der Waals surface area contributed by atoms with Crippen molar-refractivity contribution in [2.45, 2.75) is 25.6 Å². The summed E-state index contributed by atoms with van der Waals surface area (Å²) in [5.74, 6) is 0.126. The maximum atomic E-state index is 11.8. The number of halogens is 4. The van der Waals surface area contributed by atoms with E-state index in [1.54, 1.807) is 60.7 Å². The van der Waals surface area contributed by atoms with Crippen molar-refractivity contribution in [2.75, 3.05) is 23.7 Å². The number of guanidine groups is 1. The molecule has 2 heterocycles. The summed E-state index contributed by atoms with van der Waals surface area (Å²) >= 11 is 24.2. The Morgan fingerprint density at radius 1 is 0.900 bits per heavy atom. The molecule has 1 unspecified atom stereocenters. The molecule has 8 N–H and O–H groups in total. The topological polar surface area (TPSA) is 199 Å². The minimum absolute atomic E-state index is 0.266. The highest BCUT2D eigenvalue weighted by atomic mass is 35.5. The molecule has 1 amide bonds. The predicted octanol–water partition coefficient (Wildman–Crippen LogP) is 6.39. The molecule has 2 atom stereocenters. The van der Waals surface area contributed by atoms with Gasteiger partial charge in [0.25, 0.3) is 5.91 Å². The summed E-state index contributed by atoms with van der Waals surface area (Å²) in [4.78, 5) is 20.1. The van der Waals surface area contributed by atoms with Crippen molar-refractivity contribution in [3.05, 3.63) is 128 Å². The fraction of sp³-hybridized carbons (Fsp3) is 0.182. The number of carbonyl (C=O) groups is 1. The summed E-state index contributed by atoms with van der Waals surface area (Å²) in [5.41, 5.74) is 9.82. The van der Waals surface area contributed by atoms with E-state index in [9.17, 15) is 9.90 Å². The van der Waals surface area contributed by atoms with Crippen LogP contribution in [0.4, 0.5) is 11.4 Å². The van der Waals surface area contributed by atoms with Crippen LogP contribution in [0.15, 0.2) is 101 Å². The fourth-order valence-electron chi connectivity index (χ4n) is 4.34. The number of nitrogens with zero attached hydrogens (tertiary/aromatic N) is 2. The van der Waals surface area contributed by atoms with Crippen LogP contribution < -0.4 is 21.7 Å². The number of carbonyl (C=O) groups excluding carboxylic acids is 1. The van der Waals surface area contributed by atoms with Crippen LogP contribution in [0.2, 0.25) is 20.1 Å². The van der Waals surface area contributed by atoms with E-state index in [2.05, 4.69) is 38.1 Å². The molecule has 0 aromatic heterocycles. The van der Waals surface area contributed by atoms with E-state index >= 15 is 0 Å². The molecular weight excluding hydrogens is 750 g/mol. The third-order valence-corrected chi connectivity index (χ3v) is 7.58. The van der Waals surface area contributed by atoms with E-state index < -0.39 is 22.5 Å². The number of rotatable bonds is 4. The molecule has 6 rings (SSSR count). The maximum absolute atomic E-state index is 11.8. The number of aliphatic hydroxyl groups is 1. The lowest BCUT2D eigenvalue weighted by atomic mass is 10.0. The Hall–Kier alpha value is -3.76. The monoisotopic (exact) mass is 782 g/mol. The molecule has 17 heteroatoms. The van der Waals surface area contributed by atoms with Crippen molar-refractivity contribution >= 4 is 85.8 Å². The number of benzodiazepines with no additional fused rings is 1. The van der Waals surface area contributed by atoms with E-state index in [-0.39, 0.29) is 6.04 Å². The van der Waals surface area contributed by atoms with Crippen LogP contribution in [-0.2, 0) is 21.6 Å². The number of nitrogens with one attached hydrogen (secondary N) is 3. The van der Waals surface area contributed by atoms with Gasteiger partial charge in [-0.2, -0.15) is 8.42 Å². The average Bonchev–Trinajstić information content (AvgIpc) is 3.52. The Morgan fingerprint density at radius 3 is 2.08 bits per heavy atom. The van der Waals surface area contributed by atoms with Gasteiger partial charge in [-0.3, -0.25) is 18.9 Å². The van der Waals surface area contributed by atoms with E-state index in [1.807, 2.05) is 25.1 Å². The lowest BCUT2D eigenvalue weighted by molar-refractivity contribution is -0.123. The lowest BCUT2D eigenvalue weighted by Gasteiger charge is -2.11. The Kier molecular flexibility index (Phi) is 15.9. The van der Waals surface area contributed by atoms with Crippen molar-refractivity contribution in [2.24, 2.45) is 15.7 Å². The van der Waals surface area contributed by atoms with Crippen molar-refractivity contribution in [1.82, 2.24) is 5.32 Å². The zero-order valence-electron chi connectivity index (χ0n) is 26.4. The van der Waals surface area contributed by atoms with E-state index in [0.717, 1.165) is 25.5 Å². The SMILES string of the molecule is C[C@H](N)Cc1ccccc1.Clc1cccc(Cl)c1NC1=NCCN1.O=C1Nc2ccc(Cl)cc2C(c2ccccc2Cl)=NC1O.O=S(=O)(O)O. The zero-order valence-corrected chi connectivity index (χ0v) is 30.2. The number of aliphatic imine (C=N–C) groups is 2. The van der Waals surface area contributed by atoms with Crippen molar-refractivity contribution in [3.8, 4) is 0 Å². The second-order valence-electron chi connectivity index (χ2n) is 10.5. The van der Waals surface area contributed by atoms with Crippen LogP contribution in [0.25, 0.3) is 0 Å². The highest BCUT2D eigenvalue weighted by Gasteiger charge is 2.25. The van der Waals surface area contributed by atoms with Gasteiger partial charge in [0.1, 0.15) is 0 Å². The molecule has 0 radical (unpaired) electrons. The van der Waals surface area contributed by atoms with Crippen LogP contribution in [0, 0.1) is 0 Å². The third-order valence-electron chi connectivity index (χ3n) is 6.39. The maximum Gasteiger partial charge on any atom is 0.394 e. The summed E-state index contributed by atoms with van der Waals surface area (Å²) in [6, 6.07) is 28.0. The van der Waals surface area contributed by atoms with Crippen LogP contribution in [0.5, 0.6) is 0 Å². The molecule has 4 aromatic rings. The number of aliphatic hydroxyl groups excluding tert-OH is 1. The highest BCUT2D eigenvalue weighted by Crippen LogP contribution is 2.30. The highest BCUT2D eigenvalue weighted by molar-refractivity contribution is 7.79. The molecule has 0 aliphatic carbocycles. The van der Waals surface area contributed by atoms with E-state index in [1.165, 1.54) is 5.56 Å². The molecule has 12 nitrogen and oxygen atoms in total. The molecule has 0 fully saturated rings. The number of benzene rings is 4. The lowest BCUT2D eigenvalue weighted by Crippen LogP contribution is -2.26. The number of fused-ring (bicyclic) bond motifs is 1. The Balaban J connectivity index is 0.000000201. The molecule has 0 saturated heterocycles. The van der Waals surface area contributed by atoms with Crippen LogP contribution >= 0.6 is 46.4 Å². The van der Waals surface area contributed by atoms with Gasteiger partial charge in [-0.15, -0.1) is 0 Å². The van der Waals surface area contributed by atoms with Crippen LogP contribution in [0.3, 0.4) is 0 Å². The smallest absolute Gasteiger partial charge is 0.364 e. The Bertz CT molecular complexity index is 1900. The van der Waals surface area contributed by atoms with Crippen molar-refractivity contribution in [3.63, 3.8) is 0 Å². The normalized spacial score (nSPS) is 15.3. The third kappa shape index (κ3) is 13.9. The largest absolute Gasteiger partial charge is 0.394 e. The van der Waals surface area contributed by atoms with E-state index in [0.29, 0.717) is 48.3 Å². The molecule has 0 spiro atoms. The minimum Gasteiger partial charge on any atom is -0.364 e. The first kappa shape index (κ1) is 40.7. The second kappa shape index (κ2) is 19.6. The number of hydrogen-bond acceptors (Lipinski definition) is 9. The first-order chi connectivity index (χ1) is 23.6. The predicted molar refractivity (Wildman–Crippen MR) is 202 cm³/mol. The standard InChI is InChI=1S/C15H10Cl2N2O2.C9H9Cl2N3.C9H13N.H2O4S/c16-8-5-6-12-10(7-8)13(19-15(21)14(20)18-12)9-3-1-2-4-11(9)17;10-6-2-1-3-7(11)8(6)14-9-12-4-5-13-9;1-8(10)7-9-5-3-2-4-6-9;1-5(2,3)4/h1-7,15,21H,(H,18,20);1-3H,4-5H2,(H2,12,13,14);2-6,8H,7,10H2,1H3;(H2,1,2,3,4)/t;;8-;/m..0./s1. The van der Waals surface area contributed by atoms with Crippen LogP contribution in [-0.4, -0.2) is 65.6 Å². The Labute approximate surface area is 309 Å². The van der Waals surface area contributed by atoms with Gasteiger partial charge in [0.05, 0.1) is 33.7 Å². The molecule has 2 aliphatic rings. The Morgan fingerprint density at radius 2 is 1.50 bits per heavy atom. The molecule has 266 valence electrons. The van der Waals surface area contributed by atoms with Gasteiger partial charge in [0, 0.05) is 33.8 Å². The molecule has 0 bridgehead atoms. The zero-order chi connectivity index (χ0) is 36.8. The molecule has 50 heavy (non-hydrogen) atoms. The first-order valence-electron chi connectivity index (χ1n) is 14.7. The fourth-order valence-corrected chi connectivity index (χ4v) is 5.23. The molecule has 0 saturated carbocycles. The number of para-hydroxylation sites is 1. The summed E-state index contributed by atoms with van der Waals surface area (Å²) < 4.78 is 31.6. The van der Waals surface area contributed by atoms with Gasteiger partial charge in [0.15, 0.2) is 5.96 Å². The summed E-state index contributed by atoms with van der Waals surface area (Å²) in [7, 11) is -4.67. The van der Waals surface area contributed by atoms with E-state index in [4.69, 9.17) is 69.7 Å². The second-order valence-corrected chi connectivity index (χ2v) is 13.1. The average molecular weight is 785 g/mol. The van der Waals surface area contributed by atoms with Crippen molar-refractivity contribution < 1.29 is 27.4 Å². The number of nitrogens with two attached hydrogens (primary N) is 1. The summed E-state index contributed by atoms with van der Waals surface area (Å²) in [5, 5.41) is 20.8. The van der Waals surface area contributed by atoms with Crippen molar-refractivity contribution in [1.29, 1.82) is 0 Å². The van der Waals surface area contributed by atoms with Gasteiger partial charge in [-0.1, -0.05) is 101 Å². The molecule has 2 aliphatic heterocycles. The van der Waals surface area contributed by atoms with Gasteiger partial charge < -0.3 is 26.8 Å².